The summed E-state index contributed by atoms with van der Waals surface area (Å²) in [4.78, 5) is 15.0. The number of hydrogen-bond acceptors (Lipinski definition) is 4. The lowest BCUT2D eigenvalue weighted by atomic mass is 9.97. The summed E-state index contributed by atoms with van der Waals surface area (Å²) >= 11 is 7.00. The van der Waals surface area contributed by atoms with E-state index < -0.39 is 0 Å². The Bertz CT molecular complexity index is 831. The van der Waals surface area contributed by atoms with Crippen molar-refractivity contribution in [1.82, 2.24) is 4.90 Å². The lowest BCUT2D eigenvalue weighted by molar-refractivity contribution is 0.105. The summed E-state index contributed by atoms with van der Waals surface area (Å²) in [6, 6.07) is 11.0. The lowest BCUT2D eigenvalue weighted by Crippen LogP contribution is -2.10. The third kappa shape index (κ3) is 3.35. The molecule has 24 heavy (non-hydrogen) atoms. The largest absolute Gasteiger partial charge is 0.454 e. The van der Waals surface area contributed by atoms with E-state index in [1.165, 1.54) is 0 Å². The first kappa shape index (κ1) is 17.0. The fourth-order valence-corrected chi connectivity index (χ4v) is 3.42. The molecule has 0 N–H and O–H groups in total. The van der Waals surface area contributed by atoms with Crippen LogP contribution < -0.4 is 9.47 Å². The first-order chi connectivity index (χ1) is 11.5. The molecule has 4 nitrogen and oxygen atoms in total. The molecule has 1 heterocycles. The van der Waals surface area contributed by atoms with Gasteiger partial charge >= 0.3 is 0 Å². The third-order valence-corrected chi connectivity index (χ3v) is 4.85. The maximum atomic E-state index is 13.1. The molecule has 0 bridgehead atoms. The Kier molecular flexibility index (Phi) is 4.96. The summed E-state index contributed by atoms with van der Waals surface area (Å²) in [5, 5.41) is 0. The van der Waals surface area contributed by atoms with Crippen LogP contribution in [0.1, 0.15) is 15.9 Å². The molecule has 0 amide bonds. The van der Waals surface area contributed by atoms with Crippen molar-refractivity contribution in [2.45, 2.75) is 0 Å². The zero-order valence-corrected chi connectivity index (χ0v) is 16.3. The van der Waals surface area contributed by atoms with Gasteiger partial charge in [0.05, 0.1) is 0 Å². The predicted octanol–water partition coefficient (Wildman–Crippen LogP) is 4.73. The van der Waals surface area contributed by atoms with Crippen LogP contribution in [-0.2, 0) is 0 Å². The van der Waals surface area contributed by atoms with E-state index in [9.17, 15) is 4.79 Å². The van der Waals surface area contributed by atoms with Gasteiger partial charge in [0.15, 0.2) is 17.3 Å². The number of allylic oxidation sites excluding steroid dienone is 1. The van der Waals surface area contributed by atoms with Gasteiger partial charge in [-0.2, -0.15) is 0 Å². The summed E-state index contributed by atoms with van der Waals surface area (Å²) in [5.41, 5.74) is 1.93. The Hall–Kier alpha value is -1.79. The van der Waals surface area contributed by atoms with E-state index in [4.69, 9.17) is 9.47 Å². The summed E-state index contributed by atoms with van der Waals surface area (Å²) in [5.74, 6) is 1.23. The zero-order chi connectivity index (χ0) is 17.3. The number of ether oxygens (including phenoxy) is 2. The van der Waals surface area contributed by atoms with Gasteiger partial charge in [-0.05, 0) is 24.3 Å². The van der Waals surface area contributed by atoms with Crippen molar-refractivity contribution >= 4 is 43.2 Å². The molecular formula is C18H15Br2NO3. The van der Waals surface area contributed by atoms with Gasteiger partial charge in [-0.15, -0.1) is 0 Å². The molecular weight excluding hydrogens is 438 g/mol. The molecule has 0 saturated carbocycles. The fourth-order valence-electron chi connectivity index (χ4n) is 2.42. The van der Waals surface area contributed by atoms with Gasteiger partial charge in [-0.25, -0.2) is 0 Å². The van der Waals surface area contributed by atoms with Crippen LogP contribution in [0, 0.1) is 0 Å². The maximum Gasteiger partial charge on any atom is 0.231 e. The third-order valence-electron chi connectivity index (χ3n) is 3.50. The fraction of sp³-hybridized carbons (Fsp3) is 0.167. The summed E-state index contributed by atoms with van der Waals surface area (Å²) in [7, 11) is 3.77. The molecule has 2 aromatic carbocycles. The second-order valence-corrected chi connectivity index (χ2v) is 7.21. The number of ketones is 1. The highest BCUT2D eigenvalue weighted by Gasteiger charge is 2.23. The summed E-state index contributed by atoms with van der Waals surface area (Å²) in [6.45, 7) is 0.191. The Morgan fingerprint density at radius 2 is 1.71 bits per heavy atom. The van der Waals surface area contributed by atoms with E-state index in [0.29, 0.717) is 22.6 Å². The van der Waals surface area contributed by atoms with Crippen LogP contribution >= 0.6 is 31.9 Å². The van der Waals surface area contributed by atoms with E-state index in [2.05, 4.69) is 31.9 Å². The Morgan fingerprint density at radius 1 is 1.04 bits per heavy atom. The molecule has 0 radical (unpaired) electrons. The number of carbonyl (C=O) groups excluding carboxylic acids is 1. The molecule has 2 aromatic rings. The molecule has 1 aliphatic rings. The molecule has 0 saturated heterocycles. The summed E-state index contributed by atoms with van der Waals surface area (Å²) < 4.78 is 12.4. The van der Waals surface area contributed by atoms with Crippen LogP contribution in [0.2, 0.25) is 0 Å². The summed E-state index contributed by atoms with van der Waals surface area (Å²) in [6.07, 6.45) is 1.81. The highest BCUT2D eigenvalue weighted by atomic mass is 79.9. The van der Waals surface area contributed by atoms with Crippen molar-refractivity contribution in [1.29, 1.82) is 0 Å². The van der Waals surface area contributed by atoms with Gasteiger partial charge in [0.25, 0.3) is 0 Å². The SMILES string of the molecule is CN(C)/C=C(/C(=O)c1ccccc1Br)c1cc2c(cc1Br)OCO2. The topological polar surface area (TPSA) is 38.8 Å². The van der Waals surface area contributed by atoms with Gasteiger partial charge in [0, 0.05) is 45.9 Å². The standard InChI is InChI=1S/C18H15Br2NO3/c1-21(2)9-13(18(22)11-5-3-4-6-14(11)19)12-7-16-17(8-15(12)20)24-10-23-16/h3-9H,10H2,1-2H3/b13-9+. The molecule has 0 fully saturated rings. The van der Waals surface area contributed by atoms with Gasteiger partial charge in [-0.1, -0.05) is 44.0 Å². The van der Waals surface area contributed by atoms with Crippen molar-refractivity contribution in [2.24, 2.45) is 0 Å². The lowest BCUT2D eigenvalue weighted by Gasteiger charge is -2.14. The molecule has 0 aliphatic carbocycles. The van der Waals surface area contributed by atoms with Gasteiger partial charge in [0.1, 0.15) is 0 Å². The Labute approximate surface area is 157 Å². The van der Waals surface area contributed by atoms with Crippen LogP contribution in [0.4, 0.5) is 0 Å². The van der Waals surface area contributed by atoms with Crippen molar-refractivity contribution in [3.63, 3.8) is 0 Å². The van der Waals surface area contributed by atoms with E-state index in [-0.39, 0.29) is 12.6 Å². The van der Waals surface area contributed by atoms with E-state index in [0.717, 1.165) is 14.5 Å². The minimum Gasteiger partial charge on any atom is -0.454 e. The minimum atomic E-state index is -0.0734. The first-order valence-corrected chi connectivity index (χ1v) is 8.83. The number of rotatable bonds is 4. The molecule has 6 heteroatoms. The van der Waals surface area contributed by atoms with Crippen molar-refractivity contribution < 1.29 is 14.3 Å². The Balaban J connectivity index is 2.12. The number of nitrogens with zero attached hydrogens (tertiary/aromatic N) is 1. The highest BCUT2D eigenvalue weighted by molar-refractivity contribution is 9.10. The molecule has 124 valence electrons. The quantitative estimate of drug-likeness (QED) is 0.496. The van der Waals surface area contributed by atoms with Crippen molar-refractivity contribution in [2.75, 3.05) is 20.9 Å². The molecule has 0 aromatic heterocycles. The minimum absolute atomic E-state index is 0.0734. The predicted molar refractivity (Wildman–Crippen MR) is 100 cm³/mol. The second kappa shape index (κ2) is 6.99. The number of fused-ring (bicyclic) bond motifs is 1. The molecule has 3 rings (SSSR count). The molecule has 0 atom stereocenters. The monoisotopic (exact) mass is 451 g/mol. The van der Waals surface area contributed by atoms with E-state index in [1.807, 2.05) is 55.5 Å². The smallest absolute Gasteiger partial charge is 0.231 e. The number of benzene rings is 2. The first-order valence-electron chi connectivity index (χ1n) is 7.24. The highest BCUT2D eigenvalue weighted by Crippen LogP contribution is 2.40. The van der Waals surface area contributed by atoms with Crippen LogP contribution in [0.15, 0.2) is 51.5 Å². The van der Waals surface area contributed by atoms with Crippen LogP contribution in [0.25, 0.3) is 5.57 Å². The number of hydrogen-bond donors (Lipinski definition) is 0. The zero-order valence-electron chi connectivity index (χ0n) is 13.2. The maximum absolute atomic E-state index is 13.1. The second-order valence-electron chi connectivity index (χ2n) is 5.50. The molecule has 0 spiro atoms. The number of Topliss-reactive ketones (excluding diaryl/α,β-unsaturated/α-hetero) is 1. The van der Waals surface area contributed by atoms with Gasteiger partial charge < -0.3 is 14.4 Å². The van der Waals surface area contributed by atoms with Crippen molar-refractivity contribution in [3.05, 3.63) is 62.7 Å². The van der Waals surface area contributed by atoms with Gasteiger partial charge in [-0.3, -0.25) is 4.79 Å². The van der Waals surface area contributed by atoms with E-state index >= 15 is 0 Å². The van der Waals surface area contributed by atoms with Crippen LogP contribution in [0.5, 0.6) is 11.5 Å². The molecule has 0 unspecified atom stereocenters. The number of halogens is 2. The van der Waals surface area contributed by atoms with Gasteiger partial charge in [0.2, 0.25) is 6.79 Å². The van der Waals surface area contributed by atoms with Crippen LogP contribution in [-0.4, -0.2) is 31.6 Å². The average Bonchev–Trinajstić information content (AvgIpc) is 2.99. The van der Waals surface area contributed by atoms with Crippen molar-refractivity contribution in [3.8, 4) is 11.5 Å². The van der Waals surface area contributed by atoms with E-state index in [1.54, 1.807) is 6.07 Å². The normalized spacial score (nSPS) is 13.1. The Morgan fingerprint density at radius 3 is 2.38 bits per heavy atom. The van der Waals surface area contributed by atoms with Crippen LogP contribution in [0.3, 0.4) is 0 Å². The number of carbonyl (C=O) groups is 1. The molecule has 1 aliphatic heterocycles. The average molecular weight is 453 g/mol.